The average Bonchev–Trinajstić information content (AvgIpc) is 3.17. The molecule has 2 heterocycles. The molecule has 1 N–H and O–H groups in total. The maximum Gasteiger partial charge on any atom is 0.130 e. The summed E-state index contributed by atoms with van der Waals surface area (Å²) in [6.07, 6.45) is 3.95. The molecule has 2 aromatic heterocycles. The van der Waals surface area contributed by atoms with E-state index in [2.05, 4.69) is 85.5 Å². The van der Waals surface area contributed by atoms with Gasteiger partial charge in [0.15, 0.2) is 0 Å². The Morgan fingerprint density at radius 1 is 0.964 bits per heavy atom. The van der Waals surface area contributed by atoms with Crippen molar-refractivity contribution in [3.05, 3.63) is 95.9 Å². The highest BCUT2D eigenvalue weighted by Gasteiger charge is 2.34. The first-order valence-electron chi connectivity index (χ1n) is 9.79. The number of H-pyrrole nitrogens is 1. The standard InChI is InChI=1S/C25H26N2O/c1-18(2)25(3,23-16-27-24-10-5-4-9-22(23)24)19-11-13-21(14-12-19)28-17-20-8-6-7-15-26-20/h4-16,18,27H,17H2,1-3H3. The van der Waals surface area contributed by atoms with Gasteiger partial charge in [0.25, 0.3) is 0 Å². The number of benzene rings is 2. The van der Waals surface area contributed by atoms with Crippen molar-refractivity contribution in [2.24, 2.45) is 5.92 Å². The predicted molar refractivity (Wildman–Crippen MR) is 115 cm³/mol. The van der Waals surface area contributed by atoms with Crippen molar-refractivity contribution in [2.45, 2.75) is 32.8 Å². The Labute approximate surface area is 166 Å². The molecule has 0 bridgehead atoms. The van der Waals surface area contributed by atoms with E-state index >= 15 is 0 Å². The molecule has 4 aromatic rings. The lowest BCUT2D eigenvalue weighted by molar-refractivity contribution is 0.301. The summed E-state index contributed by atoms with van der Waals surface area (Å²) in [5.41, 5.74) is 4.63. The van der Waals surface area contributed by atoms with E-state index in [0.717, 1.165) is 11.4 Å². The normalized spacial score (nSPS) is 13.6. The smallest absolute Gasteiger partial charge is 0.130 e. The van der Waals surface area contributed by atoms with Crippen LogP contribution in [0.25, 0.3) is 10.9 Å². The van der Waals surface area contributed by atoms with E-state index in [4.69, 9.17) is 4.74 Å². The summed E-state index contributed by atoms with van der Waals surface area (Å²) in [6, 6.07) is 22.9. The summed E-state index contributed by atoms with van der Waals surface area (Å²) in [7, 11) is 0. The molecule has 0 fully saturated rings. The lowest BCUT2D eigenvalue weighted by atomic mass is 9.68. The van der Waals surface area contributed by atoms with Crippen LogP contribution in [0.4, 0.5) is 0 Å². The summed E-state index contributed by atoms with van der Waals surface area (Å²) >= 11 is 0. The lowest BCUT2D eigenvalue weighted by Gasteiger charge is -2.35. The zero-order chi connectivity index (χ0) is 19.6. The van der Waals surface area contributed by atoms with Gasteiger partial charge in [0, 0.05) is 28.7 Å². The molecule has 0 aliphatic rings. The SMILES string of the molecule is CC(C)C(C)(c1ccc(OCc2ccccn2)cc1)c1c[nH]c2ccccc12. The van der Waals surface area contributed by atoms with E-state index in [1.165, 1.54) is 22.0 Å². The van der Waals surface area contributed by atoms with Crippen molar-refractivity contribution < 1.29 is 4.74 Å². The van der Waals surface area contributed by atoms with Gasteiger partial charge in [0.2, 0.25) is 0 Å². The highest BCUT2D eigenvalue weighted by molar-refractivity contribution is 5.85. The Morgan fingerprint density at radius 2 is 1.71 bits per heavy atom. The third-order valence-electron chi connectivity index (χ3n) is 5.87. The van der Waals surface area contributed by atoms with E-state index in [1.54, 1.807) is 6.20 Å². The maximum absolute atomic E-state index is 5.91. The molecule has 4 rings (SSSR count). The van der Waals surface area contributed by atoms with Crippen molar-refractivity contribution in [3.63, 3.8) is 0 Å². The summed E-state index contributed by atoms with van der Waals surface area (Å²) < 4.78 is 5.91. The van der Waals surface area contributed by atoms with Crippen LogP contribution in [0.2, 0.25) is 0 Å². The zero-order valence-electron chi connectivity index (χ0n) is 16.6. The van der Waals surface area contributed by atoms with Gasteiger partial charge in [-0.15, -0.1) is 0 Å². The Balaban J connectivity index is 1.63. The molecule has 0 saturated heterocycles. The zero-order valence-corrected chi connectivity index (χ0v) is 16.6. The fourth-order valence-corrected chi connectivity index (χ4v) is 3.84. The van der Waals surface area contributed by atoms with Crippen LogP contribution in [-0.4, -0.2) is 9.97 Å². The summed E-state index contributed by atoms with van der Waals surface area (Å²) in [4.78, 5) is 7.74. The lowest BCUT2D eigenvalue weighted by Crippen LogP contribution is -2.29. The van der Waals surface area contributed by atoms with Gasteiger partial charge in [0.1, 0.15) is 12.4 Å². The fraction of sp³-hybridized carbons (Fsp3) is 0.240. The minimum Gasteiger partial charge on any atom is -0.487 e. The van der Waals surface area contributed by atoms with Crippen molar-refractivity contribution in [1.29, 1.82) is 0 Å². The molecular weight excluding hydrogens is 344 g/mol. The van der Waals surface area contributed by atoms with Gasteiger partial charge < -0.3 is 9.72 Å². The first-order valence-corrected chi connectivity index (χ1v) is 9.79. The van der Waals surface area contributed by atoms with Crippen LogP contribution in [0.1, 0.15) is 37.6 Å². The number of aromatic nitrogens is 2. The Bertz CT molecular complexity index is 1050. The number of pyridine rings is 1. The fourth-order valence-electron chi connectivity index (χ4n) is 3.84. The molecule has 0 radical (unpaired) electrons. The number of fused-ring (bicyclic) bond motifs is 1. The quantitative estimate of drug-likeness (QED) is 0.445. The molecule has 0 aliphatic heterocycles. The number of para-hydroxylation sites is 1. The van der Waals surface area contributed by atoms with Crippen LogP contribution in [0.5, 0.6) is 5.75 Å². The minimum atomic E-state index is -0.0981. The van der Waals surface area contributed by atoms with Crippen molar-refractivity contribution in [2.75, 3.05) is 0 Å². The van der Waals surface area contributed by atoms with Crippen LogP contribution < -0.4 is 4.74 Å². The second-order valence-electron chi connectivity index (χ2n) is 7.74. The van der Waals surface area contributed by atoms with Crippen LogP contribution in [0.15, 0.2) is 79.1 Å². The van der Waals surface area contributed by atoms with E-state index in [9.17, 15) is 0 Å². The first kappa shape index (κ1) is 18.3. The molecule has 0 spiro atoms. The molecule has 142 valence electrons. The van der Waals surface area contributed by atoms with Crippen LogP contribution in [-0.2, 0) is 12.0 Å². The predicted octanol–water partition coefficient (Wildman–Crippen LogP) is 6.10. The second-order valence-corrected chi connectivity index (χ2v) is 7.74. The third-order valence-corrected chi connectivity index (χ3v) is 5.87. The molecule has 3 heteroatoms. The minimum absolute atomic E-state index is 0.0981. The molecule has 0 amide bonds. The highest BCUT2D eigenvalue weighted by Crippen LogP contribution is 2.42. The van der Waals surface area contributed by atoms with E-state index < -0.39 is 0 Å². The van der Waals surface area contributed by atoms with E-state index in [-0.39, 0.29) is 5.41 Å². The molecule has 0 saturated carbocycles. The van der Waals surface area contributed by atoms with Crippen LogP contribution in [0, 0.1) is 5.92 Å². The number of rotatable bonds is 6. The molecule has 3 nitrogen and oxygen atoms in total. The van der Waals surface area contributed by atoms with Crippen LogP contribution in [0.3, 0.4) is 0 Å². The highest BCUT2D eigenvalue weighted by atomic mass is 16.5. The topological polar surface area (TPSA) is 37.9 Å². The largest absolute Gasteiger partial charge is 0.487 e. The van der Waals surface area contributed by atoms with Crippen molar-refractivity contribution in [3.8, 4) is 5.75 Å². The monoisotopic (exact) mass is 370 g/mol. The summed E-state index contributed by atoms with van der Waals surface area (Å²) in [5.74, 6) is 1.30. The molecular formula is C25H26N2O. The number of hydrogen-bond acceptors (Lipinski definition) is 2. The summed E-state index contributed by atoms with van der Waals surface area (Å²) in [5, 5.41) is 1.29. The van der Waals surface area contributed by atoms with E-state index in [1.807, 2.05) is 18.2 Å². The number of nitrogens with one attached hydrogen (secondary N) is 1. The van der Waals surface area contributed by atoms with Gasteiger partial charge in [-0.1, -0.05) is 57.2 Å². The van der Waals surface area contributed by atoms with Gasteiger partial charge in [-0.3, -0.25) is 4.98 Å². The van der Waals surface area contributed by atoms with Gasteiger partial charge in [-0.05, 0) is 47.4 Å². The molecule has 2 aromatic carbocycles. The molecule has 28 heavy (non-hydrogen) atoms. The Hall–Kier alpha value is -3.07. The van der Waals surface area contributed by atoms with Gasteiger partial charge in [-0.2, -0.15) is 0 Å². The van der Waals surface area contributed by atoms with Gasteiger partial charge >= 0.3 is 0 Å². The van der Waals surface area contributed by atoms with Gasteiger partial charge in [-0.25, -0.2) is 0 Å². The number of hydrogen-bond donors (Lipinski definition) is 1. The molecule has 1 unspecified atom stereocenters. The van der Waals surface area contributed by atoms with Gasteiger partial charge in [0.05, 0.1) is 5.69 Å². The first-order chi connectivity index (χ1) is 13.6. The van der Waals surface area contributed by atoms with Crippen molar-refractivity contribution in [1.82, 2.24) is 9.97 Å². The average molecular weight is 370 g/mol. The number of ether oxygens (including phenoxy) is 1. The Kier molecular flexibility index (Phi) is 4.91. The third kappa shape index (κ3) is 3.29. The Morgan fingerprint density at radius 3 is 2.43 bits per heavy atom. The van der Waals surface area contributed by atoms with Crippen LogP contribution >= 0.6 is 0 Å². The van der Waals surface area contributed by atoms with Crippen molar-refractivity contribution >= 4 is 10.9 Å². The summed E-state index contributed by atoms with van der Waals surface area (Å²) in [6.45, 7) is 7.38. The molecule has 0 aliphatic carbocycles. The number of aromatic amines is 1. The van der Waals surface area contributed by atoms with E-state index in [0.29, 0.717) is 12.5 Å². The maximum atomic E-state index is 5.91. The second kappa shape index (κ2) is 7.51. The number of nitrogens with zero attached hydrogens (tertiary/aromatic N) is 1. The molecule has 1 atom stereocenters.